The summed E-state index contributed by atoms with van der Waals surface area (Å²) in [6.45, 7) is 6.28. The molecule has 36 heavy (non-hydrogen) atoms. The summed E-state index contributed by atoms with van der Waals surface area (Å²) in [7, 11) is 0. The zero-order chi connectivity index (χ0) is 25.4. The van der Waals surface area contributed by atoms with Gasteiger partial charge in [0.15, 0.2) is 16.9 Å². The number of hydrogen-bond acceptors (Lipinski definition) is 5. The van der Waals surface area contributed by atoms with Crippen LogP contribution in [0, 0.1) is 0 Å². The summed E-state index contributed by atoms with van der Waals surface area (Å²) in [5.74, 6) is 0.633. The van der Waals surface area contributed by atoms with Crippen LogP contribution in [0.5, 0.6) is 11.5 Å². The van der Waals surface area contributed by atoms with Crippen molar-refractivity contribution in [2.45, 2.75) is 13.0 Å². The summed E-state index contributed by atoms with van der Waals surface area (Å²) in [6.07, 6.45) is 1.64. The van der Waals surface area contributed by atoms with Gasteiger partial charge in [0, 0.05) is 15.2 Å². The number of amides is 1. The van der Waals surface area contributed by atoms with Crippen molar-refractivity contribution in [1.29, 1.82) is 0 Å². The first-order valence-electron chi connectivity index (χ1n) is 11.3. The molecule has 0 aliphatic carbocycles. The number of ether oxygens (including phenoxy) is 2. The van der Waals surface area contributed by atoms with Crippen molar-refractivity contribution in [3.63, 3.8) is 0 Å². The molecule has 0 saturated carbocycles. The quantitative estimate of drug-likeness (QED) is 0.227. The van der Waals surface area contributed by atoms with Crippen LogP contribution in [0.25, 0.3) is 11.0 Å². The minimum absolute atomic E-state index is 0.00439. The van der Waals surface area contributed by atoms with Gasteiger partial charge in [-0.05, 0) is 61.0 Å². The summed E-state index contributed by atoms with van der Waals surface area (Å²) >= 11 is 9.66. The first kappa shape index (κ1) is 24.2. The van der Waals surface area contributed by atoms with Crippen molar-refractivity contribution in [2.24, 2.45) is 0 Å². The molecule has 1 unspecified atom stereocenters. The Bertz CT molecular complexity index is 1560. The van der Waals surface area contributed by atoms with Gasteiger partial charge >= 0.3 is 0 Å². The second kappa shape index (κ2) is 9.84. The highest BCUT2D eigenvalue weighted by atomic mass is 79.9. The smallest absolute Gasteiger partial charge is 0.295 e. The second-order valence-corrected chi connectivity index (χ2v) is 9.46. The van der Waals surface area contributed by atoms with E-state index in [0.29, 0.717) is 52.0 Å². The van der Waals surface area contributed by atoms with Crippen LogP contribution in [0.15, 0.2) is 87.0 Å². The van der Waals surface area contributed by atoms with Gasteiger partial charge in [-0.1, -0.05) is 52.3 Å². The molecular weight excluding hydrogens is 546 g/mol. The molecule has 4 aromatic rings. The minimum Gasteiger partial charge on any atom is -0.490 e. The molecule has 0 fully saturated rings. The van der Waals surface area contributed by atoms with Crippen LogP contribution in [-0.4, -0.2) is 19.1 Å². The maximum absolute atomic E-state index is 13.8. The first-order chi connectivity index (χ1) is 17.4. The van der Waals surface area contributed by atoms with Crippen molar-refractivity contribution in [1.82, 2.24) is 0 Å². The lowest BCUT2D eigenvalue weighted by Crippen LogP contribution is -2.29. The summed E-state index contributed by atoms with van der Waals surface area (Å²) in [5.41, 5.74) is 1.52. The molecule has 8 heteroatoms. The van der Waals surface area contributed by atoms with Gasteiger partial charge in [-0.25, -0.2) is 0 Å². The molecule has 1 aromatic heterocycles. The van der Waals surface area contributed by atoms with Gasteiger partial charge in [-0.15, -0.1) is 0 Å². The fourth-order valence-electron chi connectivity index (χ4n) is 4.38. The number of benzene rings is 3. The zero-order valence-corrected chi connectivity index (χ0v) is 21.6. The summed E-state index contributed by atoms with van der Waals surface area (Å²) in [5, 5.41) is 0.716. The predicted octanol–water partition coefficient (Wildman–Crippen LogP) is 6.92. The molecule has 0 saturated heterocycles. The third-order valence-corrected chi connectivity index (χ3v) is 6.59. The third kappa shape index (κ3) is 4.18. The summed E-state index contributed by atoms with van der Waals surface area (Å²) in [6, 6.07) is 16.7. The monoisotopic (exact) mass is 565 g/mol. The SMILES string of the molecule is C=CCOc1ccc(C2c3c(oc4ccc(Cl)cc4c3=O)C(=O)N2c2cccc(Br)c2)cc1OCC. The molecule has 0 spiro atoms. The molecule has 1 amide bonds. The highest BCUT2D eigenvalue weighted by Gasteiger charge is 2.44. The van der Waals surface area contributed by atoms with Crippen molar-refractivity contribution >= 4 is 50.1 Å². The van der Waals surface area contributed by atoms with Crippen LogP contribution in [0.4, 0.5) is 5.69 Å². The van der Waals surface area contributed by atoms with Crippen LogP contribution < -0.4 is 19.8 Å². The molecular formula is C28H21BrClNO5. The first-order valence-corrected chi connectivity index (χ1v) is 12.5. The highest BCUT2D eigenvalue weighted by molar-refractivity contribution is 9.10. The van der Waals surface area contributed by atoms with Gasteiger partial charge in [-0.2, -0.15) is 0 Å². The van der Waals surface area contributed by atoms with E-state index in [1.807, 2.05) is 37.3 Å². The number of carbonyl (C=O) groups is 1. The van der Waals surface area contributed by atoms with Crippen molar-refractivity contribution in [2.75, 3.05) is 18.1 Å². The molecule has 1 aliphatic heterocycles. The molecule has 6 nitrogen and oxygen atoms in total. The Morgan fingerprint density at radius 1 is 1.08 bits per heavy atom. The Morgan fingerprint density at radius 2 is 1.92 bits per heavy atom. The van der Waals surface area contributed by atoms with E-state index >= 15 is 0 Å². The Hall–Kier alpha value is -3.55. The lowest BCUT2D eigenvalue weighted by atomic mass is 9.97. The number of carbonyl (C=O) groups excluding carboxylic acids is 1. The third-order valence-electron chi connectivity index (χ3n) is 5.86. The lowest BCUT2D eigenvalue weighted by Gasteiger charge is -2.26. The maximum atomic E-state index is 13.8. The molecule has 1 aliphatic rings. The Kier molecular flexibility index (Phi) is 6.60. The van der Waals surface area contributed by atoms with Crippen molar-refractivity contribution < 1.29 is 18.7 Å². The number of fused-ring (bicyclic) bond motifs is 2. The van der Waals surface area contributed by atoms with E-state index in [-0.39, 0.29) is 16.8 Å². The molecule has 0 bridgehead atoms. The average molecular weight is 567 g/mol. The summed E-state index contributed by atoms with van der Waals surface area (Å²) < 4.78 is 18.4. The molecule has 1 atom stereocenters. The zero-order valence-electron chi connectivity index (χ0n) is 19.3. The van der Waals surface area contributed by atoms with Crippen LogP contribution in [0.1, 0.15) is 34.6 Å². The Labute approximate surface area is 220 Å². The Morgan fingerprint density at radius 3 is 2.67 bits per heavy atom. The van der Waals surface area contributed by atoms with E-state index in [2.05, 4.69) is 22.5 Å². The number of hydrogen-bond donors (Lipinski definition) is 0. The standard InChI is InChI=1S/C28H21BrClNO5/c1-3-12-35-22-10-8-16(13-23(22)34-4-2)25-24-26(32)20-15-18(30)9-11-21(20)36-27(24)28(33)31(25)19-7-5-6-17(29)14-19/h3,5-11,13-15,25H,1,4,12H2,2H3. The van der Waals surface area contributed by atoms with E-state index in [4.69, 9.17) is 25.5 Å². The van der Waals surface area contributed by atoms with Crippen molar-refractivity contribution in [3.8, 4) is 11.5 Å². The van der Waals surface area contributed by atoms with Crippen LogP contribution in [-0.2, 0) is 0 Å². The van der Waals surface area contributed by atoms with Crippen LogP contribution in [0.3, 0.4) is 0 Å². The molecule has 3 aromatic carbocycles. The minimum atomic E-state index is -0.755. The number of nitrogens with zero attached hydrogens (tertiary/aromatic N) is 1. The van der Waals surface area contributed by atoms with Crippen molar-refractivity contribution in [3.05, 3.63) is 110 Å². The van der Waals surface area contributed by atoms with Gasteiger partial charge < -0.3 is 13.9 Å². The van der Waals surface area contributed by atoms with E-state index in [1.165, 1.54) is 0 Å². The molecule has 0 N–H and O–H groups in total. The fourth-order valence-corrected chi connectivity index (χ4v) is 4.94. The molecule has 182 valence electrons. The second-order valence-electron chi connectivity index (χ2n) is 8.11. The van der Waals surface area contributed by atoms with E-state index in [1.54, 1.807) is 41.3 Å². The summed E-state index contributed by atoms with van der Waals surface area (Å²) in [4.78, 5) is 29.1. The van der Waals surface area contributed by atoms with Gasteiger partial charge in [0.1, 0.15) is 12.2 Å². The molecule has 5 rings (SSSR count). The van der Waals surface area contributed by atoms with E-state index < -0.39 is 11.9 Å². The highest BCUT2D eigenvalue weighted by Crippen LogP contribution is 2.43. The fraction of sp³-hybridized carbons (Fsp3) is 0.143. The number of halogens is 2. The van der Waals surface area contributed by atoms with Gasteiger partial charge in [0.25, 0.3) is 5.91 Å². The predicted molar refractivity (Wildman–Crippen MR) is 144 cm³/mol. The van der Waals surface area contributed by atoms with Crippen LogP contribution >= 0.6 is 27.5 Å². The normalized spacial score (nSPS) is 14.7. The topological polar surface area (TPSA) is 69.0 Å². The lowest BCUT2D eigenvalue weighted by molar-refractivity contribution is 0.0971. The maximum Gasteiger partial charge on any atom is 0.295 e. The Balaban J connectivity index is 1.76. The van der Waals surface area contributed by atoms with E-state index in [0.717, 1.165) is 4.47 Å². The van der Waals surface area contributed by atoms with Gasteiger partial charge in [-0.3, -0.25) is 14.5 Å². The van der Waals surface area contributed by atoms with Crippen LogP contribution in [0.2, 0.25) is 5.02 Å². The number of anilines is 1. The average Bonchev–Trinajstić information content (AvgIpc) is 3.16. The molecule has 0 radical (unpaired) electrons. The van der Waals surface area contributed by atoms with Gasteiger partial charge in [0.2, 0.25) is 5.76 Å². The van der Waals surface area contributed by atoms with E-state index in [9.17, 15) is 9.59 Å². The van der Waals surface area contributed by atoms with Gasteiger partial charge in [0.05, 0.1) is 23.6 Å². The number of rotatable bonds is 7. The largest absolute Gasteiger partial charge is 0.490 e. The molecule has 2 heterocycles.